The molecule has 106 valence electrons. The van der Waals surface area contributed by atoms with Crippen LogP contribution in [0.2, 0.25) is 0 Å². The van der Waals surface area contributed by atoms with E-state index in [2.05, 4.69) is 10.7 Å². The lowest BCUT2D eigenvalue weighted by molar-refractivity contribution is -0.119. The zero-order valence-corrected chi connectivity index (χ0v) is 11.3. The molecule has 1 fully saturated rings. The van der Waals surface area contributed by atoms with Gasteiger partial charge in [-0.15, -0.1) is 0 Å². The zero-order valence-electron chi connectivity index (χ0n) is 11.3. The van der Waals surface area contributed by atoms with Crippen molar-refractivity contribution in [3.63, 3.8) is 0 Å². The molecule has 0 aliphatic carbocycles. The number of para-hydroxylation sites is 1. The molecule has 2 amide bonds. The number of amides is 2. The van der Waals surface area contributed by atoms with Gasteiger partial charge in [0.15, 0.2) is 0 Å². The Bertz CT molecular complexity index is 658. The van der Waals surface area contributed by atoms with Gasteiger partial charge in [-0.05, 0) is 29.8 Å². The van der Waals surface area contributed by atoms with E-state index in [9.17, 15) is 9.59 Å². The largest absolute Gasteiger partial charge is 0.329 e. The Morgan fingerprint density at radius 2 is 1.95 bits per heavy atom. The molecule has 1 unspecified atom stereocenters. The second kappa shape index (κ2) is 5.66. The molecular formula is C16H15N3O2. The number of carbonyl (C=O) groups is 2. The van der Waals surface area contributed by atoms with Crippen molar-refractivity contribution in [3.8, 4) is 0 Å². The Kier molecular flexibility index (Phi) is 3.55. The molecule has 0 aromatic heterocycles. The summed E-state index contributed by atoms with van der Waals surface area (Å²) in [6.07, 6.45) is 1.03. The van der Waals surface area contributed by atoms with E-state index in [-0.39, 0.29) is 11.9 Å². The molecule has 0 radical (unpaired) electrons. The number of carbonyl (C=O) groups excluding carboxylic acids is 2. The van der Waals surface area contributed by atoms with Gasteiger partial charge in [0, 0.05) is 5.69 Å². The smallest absolute Gasteiger partial charge is 0.241 e. The highest BCUT2D eigenvalue weighted by Gasteiger charge is 2.31. The second-order valence-electron chi connectivity index (χ2n) is 4.85. The minimum atomic E-state index is -0.0895. The summed E-state index contributed by atoms with van der Waals surface area (Å²) in [5.41, 5.74) is 5.50. The van der Waals surface area contributed by atoms with Crippen molar-refractivity contribution in [2.24, 2.45) is 0 Å². The Morgan fingerprint density at radius 1 is 1.14 bits per heavy atom. The molecule has 1 atom stereocenters. The molecule has 2 aromatic carbocycles. The van der Waals surface area contributed by atoms with Crippen LogP contribution in [0.15, 0.2) is 54.6 Å². The summed E-state index contributed by atoms with van der Waals surface area (Å²) in [6, 6.07) is 17.1. The number of benzene rings is 2. The van der Waals surface area contributed by atoms with Crippen molar-refractivity contribution >= 4 is 23.7 Å². The van der Waals surface area contributed by atoms with Crippen molar-refractivity contribution in [1.29, 1.82) is 0 Å². The highest BCUT2D eigenvalue weighted by Crippen LogP contribution is 2.32. The number of nitrogens with zero attached hydrogens (tertiary/aromatic N) is 1. The lowest BCUT2D eigenvalue weighted by Gasteiger charge is -2.26. The minimum absolute atomic E-state index is 0.0161. The molecular weight excluding hydrogens is 266 g/mol. The lowest BCUT2D eigenvalue weighted by atomic mass is 10.0. The fraction of sp³-hybridized carbons (Fsp3) is 0.125. The summed E-state index contributed by atoms with van der Waals surface area (Å²) in [5.74, 6) is -0.0161. The molecule has 5 nitrogen and oxygen atoms in total. The van der Waals surface area contributed by atoms with Gasteiger partial charge in [0.25, 0.3) is 0 Å². The van der Waals surface area contributed by atoms with Gasteiger partial charge in [0.1, 0.15) is 0 Å². The quantitative estimate of drug-likeness (QED) is 0.845. The Morgan fingerprint density at radius 3 is 2.71 bits per heavy atom. The molecule has 2 N–H and O–H groups in total. The summed E-state index contributed by atoms with van der Waals surface area (Å²) < 4.78 is 0. The van der Waals surface area contributed by atoms with Crippen LogP contribution in [-0.4, -0.2) is 12.3 Å². The summed E-state index contributed by atoms with van der Waals surface area (Å²) in [5, 5.41) is 4.50. The summed E-state index contributed by atoms with van der Waals surface area (Å²) in [6.45, 7) is 0. The van der Waals surface area contributed by atoms with Gasteiger partial charge in [-0.1, -0.05) is 30.3 Å². The standard InChI is InChI=1S/C16H15N3O2/c20-11-17-13-6-4-5-12(9-13)15-10-16(21)18-19(15)14-7-2-1-3-8-14/h1-9,11,15H,10H2,(H,17,20)(H,18,21). The number of hydrogen-bond acceptors (Lipinski definition) is 3. The maximum absolute atomic E-state index is 11.8. The van der Waals surface area contributed by atoms with Crippen LogP contribution in [0.4, 0.5) is 11.4 Å². The van der Waals surface area contributed by atoms with Gasteiger partial charge in [0.2, 0.25) is 12.3 Å². The molecule has 5 heteroatoms. The van der Waals surface area contributed by atoms with Gasteiger partial charge in [-0.3, -0.25) is 20.0 Å². The lowest BCUT2D eigenvalue weighted by Crippen LogP contribution is -2.34. The molecule has 0 bridgehead atoms. The van der Waals surface area contributed by atoms with Crippen molar-refractivity contribution in [2.45, 2.75) is 12.5 Å². The van der Waals surface area contributed by atoms with Gasteiger partial charge >= 0.3 is 0 Å². The van der Waals surface area contributed by atoms with Crippen molar-refractivity contribution in [2.75, 3.05) is 10.3 Å². The van der Waals surface area contributed by atoms with E-state index < -0.39 is 0 Å². The monoisotopic (exact) mass is 281 g/mol. The van der Waals surface area contributed by atoms with Crippen molar-refractivity contribution in [3.05, 3.63) is 60.2 Å². The van der Waals surface area contributed by atoms with Gasteiger partial charge in [-0.25, -0.2) is 0 Å². The number of anilines is 2. The van der Waals surface area contributed by atoms with Crippen molar-refractivity contribution in [1.82, 2.24) is 5.43 Å². The third-order valence-electron chi connectivity index (χ3n) is 3.47. The molecule has 0 saturated carbocycles. The van der Waals surface area contributed by atoms with E-state index in [0.29, 0.717) is 12.8 Å². The maximum atomic E-state index is 11.8. The van der Waals surface area contributed by atoms with Crippen LogP contribution >= 0.6 is 0 Å². The van der Waals surface area contributed by atoms with Crippen molar-refractivity contribution < 1.29 is 9.59 Å². The highest BCUT2D eigenvalue weighted by molar-refractivity contribution is 5.83. The molecule has 1 aliphatic heterocycles. The molecule has 3 rings (SSSR count). The van der Waals surface area contributed by atoms with Crippen LogP contribution in [0, 0.1) is 0 Å². The average molecular weight is 281 g/mol. The summed E-state index contributed by atoms with van der Waals surface area (Å²) >= 11 is 0. The highest BCUT2D eigenvalue weighted by atomic mass is 16.2. The van der Waals surface area contributed by atoms with E-state index in [1.807, 2.05) is 59.6 Å². The van der Waals surface area contributed by atoms with Crippen LogP contribution in [0.3, 0.4) is 0 Å². The molecule has 0 spiro atoms. The Labute approximate surface area is 122 Å². The third kappa shape index (κ3) is 2.72. The molecule has 1 heterocycles. The predicted octanol–water partition coefficient (Wildman–Crippen LogP) is 2.24. The number of hydrazine groups is 1. The van der Waals surface area contributed by atoms with Crippen LogP contribution in [0.5, 0.6) is 0 Å². The van der Waals surface area contributed by atoms with E-state index in [1.165, 1.54) is 0 Å². The van der Waals surface area contributed by atoms with Gasteiger partial charge < -0.3 is 5.32 Å². The fourth-order valence-electron chi connectivity index (χ4n) is 2.53. The van der Waals surface area contributed by atoms with Crippen LogP contribution in [0.25, 0.3) is 0 Å². The first-order chi connectivity index (χ1) is 10.3. The van der Waals surface area contributed by atoms with Gasteiger partial charge in [0.05, 0.1) is 18.2 Å². The van der Waals surface area contributed by atoms with E-state index in [1.54, 1.807) is 0 Å². The fourth-order valence-corrected chi connectivity index (χ4v) is 2.53. The molecule has 1 aliphatic rings. The first-order valence-electron chi connectivity index (χ1n) is 6.72. The predicted molar refractivity (Wildman–Crippen MR) is 80.6 cm³/mol. The van der Waals surface area contributed by atoms with E-state index >= 15 is 0 Å². The SMILES string of the molecule is O=CNc1cccc(C2CC(=O)NN2c2ccccc2)c1. The molecule has 1 saturated heterocycles. The number of hydrogen-bond donors (Lipinski definition) is 2. The summed E-state index contributed by atoms with van der Waals surface area (Å²) in [4.78, 5) is 22.4. The van der Waals surface area contributed by atoms with Crippen LogP contribution in [0.1, 0.15) is 18.0 Å². The maximum Gasteiger partial charge on any atom is 0.241 e. The second-order valence-corrected chi connectivity index (χ2v) is 4.85. The Hall–Kier alpha value is -2.82. The van der Waals surface area contributed by atoms with E-state index in [0.717, 1.165) is 16.9 Å². The minimum Gasteiger partial charge on any atom is -0.329 e. The number of rotatable bonds is 4. The molecule has 21 heavy (non-hydrogen) atoms. The van der Waals surface area contributed by atoms with Crippen LogP contribution in [-0.2, 0) is 9.59 Å². The van der Waals surface area contributed by atoms with E-state index in [4.69, 9.17) is 0 Å². The zero-order chi connectivity index (χ0) is 14.7. The first kappa shape index (κ1) is 13.2. The Balaban J connectivity index is 1.94. The van der Waals surface area contributed by atoms with Crippen LogP contribution < -0.4 is 15.8 Å². The normalized spacial score (nSPS) is 17.4. The van der Waals surface area contributed by atoms with Gasteiger partial charge in [-0.2, -0.15) is 0 Å². The number of nitrogens with one attached hydrogen (secondary N) is 2. The first-order valence-corrected chi connectivity index (χ1v) is 6.72. The third-order valence-corrected chi connectivity index (χ3v) is 3.47. The summed E-state index contributed by atoms with van der Waals surface area (Å²) in [7, 11) is 0. The topological polar surface area (TPSA) is 61.4 Å². The molecule has 2 aromatic rings. The average Bonchev–Trinajstić information content (AvgIpc) is 2.91.